The summed E-state index contributed by atoms with van der Waals surface area (Å²) in [4.78, 5) is 3.94. The number of thiophene rings is 1. The second-order valence-corrected chi connectivity index (χ2v) is 6.10. The molecule has 2 heterocycles. The van der Waals surface area contributed by atoms with Crippen LogP contribution < -0.4 is 0 Å². The lowest BCUT2D eigenvalue weighted by Crippen LogP contribution is -2.39. The Morgan fingerprint density at radius 3 is 3.19 bits per heavy atom. The third-order valence-corrected chi connectivity index (χ3v) is 4.55. The summed E-state index contributed by atoms with van der Waals surface area (Å²) < 4.78 is 6.91. The highest BCUT2D eigenvalue weighted by atomic mass is 79.9. The SMILES string of the molecule is CCOC1CCCN(Cc2cc(Br)cs2)C1. The van der Waals surface area contributed by atoms with Crippen LogP contribution in [0.3, 0.4) is 0 Å². The van der Waals surface area contributed by atoms with Crippen LogP contribution in [0.1, 0.15) is 24.6 Å². The Bertz CT molecular complexity index is 327. The van der Waals surface area contributed by atoms with Crippen LogP contribution in [0.4, 0.5) is 0 Å². The van der Waals surface area contributed by atoms with Gasteiger partial charge in [0.05, 0.1) is 6.10 Å². The Labute approximate surface area is 110 Å². The van der Waals surface area contributed by atoms with Gasteiger partial charge in [-0.15, -0.1) is 11.3 Å². The smallest absolute Gasteiger partial charge is 0.0702 e. The first-order valence-electron chi connectivity index (χ1n) is 5.85. The van der Waals surface area contributed by atoms with Gasteiger partial charge in [0.25, 0.3) is 0 Å². The third kappa shape index (κ3) is 3.55. The van der Waals surface area contributed by atoms with Gasteiger partial charge in [-0.3, -0.25) is 4.90 Å². The maximum Gasteiger partial charge on any atom is 0.0702 e. The van der Waals surface area contributed by atoms with Crippen LogP contribution in [0, 0.1) is 0 Å². The summed E-state index contributed by atoms with van der Waals surface area (Å²) in [6, 6.07) is 2.22. The second kappa shape index (κ2) is 6.15. The Morgan fingerprint density at radius 1 is 1.62 bits per heavy atom. The number of halogens is 1. The molecule has 1 atom stereocenters. The minimum atomic E-state index is 0.446. The molecule has 0 bridgehead atoms. The molecule has 1 aliphatic rings. The van der Waals surface area contributed by atoms with E-state index in [0.717, 1.165) is 19.7 Å². The number of rotatable bonds is 4. The Morgan fingerprint density at radius 2 is 2.50 bits per heavy atom. The summed E-state index contributed by atoms with van der Waals surface area (Å²) in [5, 5.41) is 2.15. The maximum atomic E-state index is 5.71. The molecule has 16 heavy (non-hydrogen) atoms. The molecule has 0 aliphatic carbocycles. The van der Waals surface area contributed by atoms with Crippen molar-refractivity contribution < 1.29 is 4.74 Å². The van der Waals surface area contributed by atoms with E-state index in [1.165, 1.54) is 28.7 Å². The van der Waals surface area contributed by atoms with Crippen molar-refractivity contribution in [3.05, 3.63) is 20.8 Å². The Balaban J connectivity index is 1.85. The van der Waals surface area contributed by atoms with E-state index in [2.05, 4.69) is 39.2 Å². The number of piperidine rings is 1. The number of hydrogen-bond acceptors (Lipinski definition) is 3. The summed E-state index contributed by atoms with van der Waals surface area (Å²) in [7, 11) is 0. The first-order chi connectivity index (χ1) is 7.78. The van der Waals surface area contributed by atoms with Crippen molar-refractivity contribution in [2.24, 2.45) is 0 Å². The Kier molecular flexibility index (Phi) is 4.82. The predicted molar refractivity (Wildman–Crippen MR) is 71.9 cm³/mol. The lowest BCUT2D eigenvalue weighted by Gasteiger charge is -2.32. The molecule has 0 N–H and O–H groups in total. The van der Waals surface area contributed by atoms with Crippen LogP contribution in [-0.4, -0.2) is 30.7 Å². The molecule has 0 amide bonds. The van der Waals surface area contributed by atoms with Gasteiger partial charge in [0.15, 0.2) is 0 Å². The molecule has 2 rings (SSSR count). The van der Waals surface area contributed by atoms with Crippen molar-refractivity contribution in [2.45, 2.75) is 32.4 Å². The van der Waals surface area contributed by atoms with E-state index in [-0.39, 0.29) is 0 Å². The molecule has 0 saturated carbocycles. The number of ether oxygens (including phenoxy) is 1. The minimum absolute atomic E-state index is 0.446. The zero-order valence-electron chi connectivity index (χ0n) is 9.62. The molecule has 90 valence electrons. The average Bonchev–Trinajstić information content (AvgIpc) is 2.65. The molecule has 1 fully saturated rings. The molecule has 1 saturated heterocycles. The molecule has 1 aromatic rings. The molecular weight excluding hydrogens is 286 g/mol. The van der Waals surface area contributed by atoms with Crippen LogP contribution >= 0.6 is 27.3 Å². The quantitative estimate of drug-likeness (QED) is 0.844. The fraction of sp³-hybridized carbons (Fsp3) is 0.667. The van der Waals surface area contributed by atoms with E-state index >= 15 is 0 Å². The predicted octanol–water partition coefficient (Wildman–Crippen LogP) is 3.51. The van der Waals surface area contributed by atoms with E-state index < -0.39 is 0 Å². The van der Waals surface area contributed by atoms with Gasteiger partial charge in [-0.25, -0.2) is 0 Å². The lowest BCUT2D eigenvalue weighted by molar-refractivity contribution is 0.00390. The minimum Gasteiger partial charge on any atom is -0.377 e. The fourth-order valence-corrected chi connectivity index (χ4v) is 3.68. The second-order valence-electron chi connectivity index (χ2n) is 4.19. The number of hydrogen-bond donors (Lipinski definition) is 0. The van der Waals surface area contributed by atoms with Crippen molar-refractivity contribution in [1.29, 1.82) is 0 Å². The number of likely N-dealkylation sites (tertiary alicyclic amines) is 1. The van der Waals surface area contributed by atoms with E-state index in [4.69, 9.17) is 4.74 Å². The summed E-state index contributed by atoms with van der Waals surface area (Å²) in [6.07, 6.45) is 2.93. The molecule has 1 aliphatic heterocycles. The van der Waals surface area contributed by atoms with Crippen LogP contribution in [0.5, 0.6) is 0 Å². The molecule has 0 aromatic carbocycles. The van der Waals surface area contributed by atoms with Crippen LogP contribution in [0.15, 0.2) is 15.9 Å². The topological polar surface area (TPSA) is 12.5 Å². The van der Waals surface area contributed by atoms with E-state index in [1.54, 1.807) is 0 Å². The van der Waals surface area contributed by atoms with Crippen LogP contribution in [0.25, 0.3) is 0 Å². The molecule has 0 radical (unpaired) electrons. The summed E-state index contributed by atoms with van der Waals surface area (Å²) in [6.45, 7) is 6.28. The van der Waals surface area contributed by atoms with Crippen molar-refractivity contribution in [3.63, 3.8) is 0 Å². The van der Waals surface area contributed by atoms with Gasteiger partial charge in [0.2, 0.25) is 0 Å². The Hall–Kier alpha value is 0.1000. The van der Waals surface area contributed by atoms with Gasteiger partial charge in [-0.2, -0.15) is 0 Å². The first kappa shape index (κ1) is 12.6. The normalized spacial score (nSPS) is 22.5. The fourth-order valence-electron chi connectivity index (χ4n) is 2.19. The third-order valence-electron chi connectivity index (χ3n) is 2.87. The van der Waals surface area contributed by atoms with Crippen LogP contribution in [-0.2, 0) is 11.3 Å². The van der Waals surface area contributed by atoms with Gasteiger partial charge >= 0.3 is 0 Å². The zero-order chi connectivity index (χ0) is 11.4. The van der Waals surface area contributed by atoms with Crippen molar-refractivity contribution in [2.75, 3.05) is 19.7 Å². The molecular formula is C12H18BrNOS. The highest BCUT2D eigenvalue weighted by molar-refractivity contribution is 9.10. The van der Waals surface area contributed by atoms with Gasteiger partial charge < -0.3 is 4.74 Å². The summed E-state index contributed by atoms with van der Waals surface area (Å²) >= 11 is 5.33. The molecule has 0 spiro atoms. The first-order valence-corrected chi connectivity index (χ1v) is 7.52. The lowest BCUT2D eigenvalue weighted by atomic mass is 10.1. The largest absolute Gasteiger partial charge is 0.377 e. The van der Waals surface area contributed by atoms with Gasteiger partial charge in [0.1, 0.15) is 0 Å². The van der Waals surface area contributed by atoms with Crippen molar-refractivity contribution >= 4 is 27.3 Å². The summed E-state index contributed by atoms with van der Waals surface area (Å²) in [5.74, 6) is 0. The molecule has 2 nitrogen and oxygen atoms in total. The standard InChI is InChI=1S/C12H18BrNOS/c1-2-15-11-4-3-5-14(7-11)8-12-6-10(13)9-16-12/h6,9,11H,2-5,7-8H2,1H3. The van der Waals surface area contributed by atoms with Crippen LogP contribution in [0.2, 0.25) is 0 Å². The van der Waals surface area contributed by atoms with E-state index in [1.807, 2.05) is 11.3 Å². The highest BCUT2D eigenvalue weighted by Gasteiger charge is 2.20. The van der Waals surface area contributed by atoms with Crippen molar-refractivity contribution in [1.82, 2.24) is 4.90 Å². The molecule has 1 aromatic heterocycles. The monoisotopic (exact) mass is 303 g/mol. The molecule has 4 heteroatoms. The summed E-state index contributed by atoms with van der Waals surface area (Å²) in [5.41, 5.74) is 0. The average molecular weight is 304 g/mol. The maximum absolute atomic E-state index is 5.71. The van der Waals surface area contributed by atoms with E-state index in [0.29, 0.717) is 6.10 Å². The molecule has 1 unspecified atom stereocenters. The number of nitrogens with zero attached hydrogens (tertiary/aromatic N) is 1. The van der Waals surface area contributed by atoms with Gasteiger partial charge in [-0.1, -0.05) is 0 Å². The van der Waals surface area contributed by atoms with Gasteiger partial charge in [-0.05, 0) is 48.3 Å². The van der Waals surface area contributed by atoms with E-state index in [9.17, 15) is 0 Å². The highest BCUT2D eigenvalue weighted by Crippen LogP contribution is 2.23. The van der Waals surface area contributed by atoms with Crippen molar-refractivity contribution in [3.8, 4) is 0 Å². The zero-order valence-corrected chi connectivity index (χ0v) is 12.0. The van der Waals surface area contributed by atoms with Gasteiger partial charge in [0, 0.05) is 34.4 Å².